The van der Waals surface area contributed by atoms with Crippen molar-refractivity contribution in [2.24, 2.45) is 0 Å². The Kier molecular flexibility index (Phi) is 4.65. The number of aromatic nitrogens is 2. The molecule has 2 aromatic heterocycles. The van der Waals surface area contributed by atoms with Gasteiger partial charge in [0, 0.05) is 47.4 Å². The molecule has 0 atom stereocenters. The number of anilines is 1. The molecule has 0 unspecified atom stereocenters. The lowest BCUT2D eigenvalue weighted by Gasteiger charge is -2.32. The summed E-state index contributed by atoms with van der Waals surface area (Å²) in [4.78, 5) is 12.3. The predicted molar refractivity (Wildman–Crippen MR) is 86.1 cm³/mol. The van der Waals surface area contributed by atoms with Gasteiger partial charge in [0.2, 0.25) is 5.95 Å². The number of rotatable bonds is 4. The Morgan fingerprint density at radius 1 is 1.30 bits per heavy atom. The second-order valence-corrected chi connectivity index (χ2v) is 6.74. The number of nitrogens with one attached hydrogen (secondary N) is 1. The van der Waals surface area contributed by atoms with E-state index < -0.39 is 0 Å². The number of hydrogen-bond acceptors (Lipinski definition) is 5. The summed E-state index contributed by atoms with van der Waals surface area (Å²) in [6, 6.07) is 4.55. The van der Waals surface area contributed by atoms with Crippen LogP contribution in [0.15, 0.2) is 34.4 Å². The zero-order valence-electron chi connectivity index (χ0n) is 11.1. The smallest absolute Gasteiger partial charge is 0.225 e. The van der Waals surface area contributed by atoms with Crippen LogP contribution in [0.2, 0.25) is 0 Å². The second-order valence-electron chi connectivity index (χ2n) is 4.88. The van der Waals surface area contributed by atoms with Gasteiger partial charge in [0.1, 0.15) is 0 Å². The van der Waals surface area contributed by atoms with E-state index in [1.807, 2.05) is 6.07 Å². The zero-order chi connectivity index (χ0) is 13.8. The van der Waals surface area contributed by atoms with Gasteiger partial charge in [-0.3, -0.25) is 0 Å². The molecule has 3 rings (SSSR count). The molecule has 4 nitrogen and oxygen atoms in total. The van der Waals surface area contributed by atoms with Crippen molar-refractivity contribution in [3.8, 4) is 0 Å². The maximum Gasteiger partial charge on any atom is 0.225 e. The van der Waals surface area contributed by atoms with E-state index in [4.69, 9.17) is 0 Å². The summed E-state index contributed by atoms with van der Waals surface area (Å²) in [5.41, 5.74) is 0. The SMILES string of the molecule is Brc1ccsc1CNC1CCN(c2ncccn2)CC1. The van der Waals surface area contributed by atoms with E-state index in [-0.39, 0.29) is 0 Å². The molecule has 0 aliphatic carbocycles. The Hall–Kier alpha value is -0.980. The minimum atomic E-state index is 0.587. The molecule has 0 saturated carbocycles. The zero-order valence-corrected chi connectivity index (χ0v) is 13.5. The molecule has 0 bridgehead atoms. The average Bonchev–Trinajstić information content (AvgIpc) is 2.92. The molecule has 1 N–H and O–H groups in total. The highest BCUT2D eigenvalue weighted by Crippen LogP contribution is 2.23. The number of thiophene rings is 1. The molecule has 1 aliphatic rings. The summed E-state index contributed by atoms with van der Waals surface area (Å²) in [6.45, 7) is 2.99. The molecule has 0 amide bonds. The van der Waals surface area contributed by atoms with Gasteiger partial charge in [-0.1, -0.05) is 0 Å². The van der Waals surface area contributed by atoms with Crippen LogP contribution in [0.25, 0.3) is 0 Å². The van der Waals surface area contributed by atoms with Crippen molar-refractivity contribution in [1.82, 2.24) is 15.3 Å². The van der Waals surface area contributed by atoms with Gasteiger partial charge in [0.05, 0.1) is 0 Å². The van der Waals surface area contributed by atoms with Gasteiger partial charge in [0.15, 0.2) is 0 Å². The Labute approximate surface area is 131 Å². The first-order valence-corrected chi connectivity index (χ1v) is 8.47. The van der Waals surface area contributed by atoms with Crippen LogP contribution in [0.1, 0.15) is 17.7 Å². The molecule has 3 heterocycles. The third-order valence-corrected chi connectivity index (χ3v) is 5.50. The summed E-state index contributed by atoms with van der Waals surface area (Å²) in [5.74, 6) is 0.854. The van der Waals surface area contributed by atoms with Crippen LogP contribution in [0.3, 0.4) is 0 Å². The molecule has 106 valence electrons. The van der Waals surface area contributed by atoms with Crippen molar-refractivity contribution in [3.05, 3.63) is 39.3 Å². The molecule has 1 saturated heterocycles. The third-order valence-electron chi connectivity index (χ3n) is 3.57. The van der Waals surface area contributed by atoms with Gasteiger partial charge in [-0.15, -0.1) is 11.3 Å². The molecule has 6 heteroatoms. The number of halogens is 1. The molecule has 1 aliphatic heterocycles. The number of hydrogen-bond donors (Lipinski definition) is 1. The summed E-state index contributed by atoms with van der Waals surface area (Å²) >= 11 is 5.37. The standard InChI is InChI=1S/C14H17BrN4S/c15-12-4-9-20-13(12)10-18-11-2-7-19(8-3-11)14-16-5-1-6-17-14/h1,4-6,9,11,18H,2-3,7-8,10H2. The van der Waals surface area contributed by atoms with E-state index in [1.54, 1.807) is 23.7 Å². The molecule has 1 fully saturated rings. The number of nitrogens with zero attached hydrogens (tertiary/aromatic N) is 3. The lowest BCUT2D eigenvalue weighted by atomic mass is 10.1. The molecule has 0 spiro atoms. The first kappa shape index (κ1) is 14.0. The van der Waals surface area contributed by atoms with Crippen LogP contribution < -0.4 is 10.2 Å². The minimum Gasteiger partial charge on any atom is -0.341 e. The van der Waals surface area contributed by atoms with Crippen LogP contribution >= 0.6 is 27.3 Å². The fraction of sp³-hybridized carbons (Fsp3) is 0.429. The Morgan fingerprint density at radius 2 is 2.05 bits per heavy atom. The predicted octanol–water partition coefficient (Wildman–Crippen LogP) is 3.06. The van der Waals surface area contributed by atoms with Crippen molar-refractivity contribution >= 4 is 33.2 Å². The molecular formula is C14H17BrN4S. The average molecular weight is 353 g/mol. The van der Waals surface area contributed by atoms with Crippen molar-refractivity contribution in [2.45, 2.75) is 25.4 Å². The van der Waals surface area contributed by atoms with Gasteiger partial charge in [-0.2, -0.15) is 0 Å². The first-order chi connectivity index (χ1) is 9.83. The van der Waals surface area contributed by atoms with E-state index in [2.05, 4.69) is 47.6 Å². The maximum absolute atomic E-state index is 4.32. The van der Waals surface area contributed by atoms with Crippen molar-refractivity contribution in [3.63, 3.8) is 0 Å². The van der Waals surface area contributed by atoms with E-state index >= 15 is 0 Å². The Balaban J connectivity index is 1.48. The van der Waals surface area contributed by atoms with Gasteiger partial charge in [-0.25, -0.2) is 9.97 Å². The highest BCUT2D eigenvalue weighted by atomic mass is 79.9. The van der Waals surface area contributed by atoms with Crippen LogP contribution in [0, 0.1) is 0 Å². The Bertz CT molecular complexity index is 537. The van der Waals surface area contributed by atoms with Crippen LogP contribution in [-0.4, -0.2) is 29.1 Å². The molecule has 20 heavy (non-hydrogen) atoms. The summed E-state index contributed by atoms with van der Waals surface area (Å²) in [6.07, 6.45) is 5.89. The van der Waals surface area contributed by atoms with E-state index in [0.29, 0.717) is 6.04 Å². The highest BCUT2D eigenvalue weighted by Gasteiger charge is 2.20. The van der Waals surface area contributed by atoms with Crippen molar-refractivity contribution < 1.29 is 0 Å². The van der Waals surface area contributed by atoms with Crippen molar-refractivity contribution in [1.29, 1.82) is 0 Å². The lowest BCUT2D eigenvalue weighted by molar-refractivity contribution is 0.412. The minimum absolute atomic E-state index is 0.587. The van der Waals surface area contributed by atoms with Crippen LogP contribution in [0.4, 0.5) is 5.95 Å². The van der Waals surface area contributed by atoms with Gasteiger partial charge in [0.25, 0.3) is 0 Å². The molecular weight excluding hydrogens is 336 g/mol. The lowest BCUT2D eigenvalue weighted by Crippen LogP contribution is -2.42. The fourth-order valence-corrected chi connectivity index (χ4v) is 3.87. The van der Waals surface area contributed by atoms with E-state index in [0.717, 1.165) is 38.4 Å². The van der Waals surface area contributed by atoms with E-state index in [1.165, 1.54) is 9.35 Å². The highest BCUT2D eigenvalue weighted by molar-refractivity contribution is 9.10. The topological polar surface area (TPSA) is 41.0 Å². The van der Waals surface area contributed by atoms with Gasteiger partial charge < -0.3 is 10.2 Å². The second kappa shape index (κ2) is 6.65. The molecule has 2 aromatic rings. The van der Waals surface area contributed by atoms with Crippen molar-refractivity contribution in [2.75, 3.05) is 18.0 Å². The van der Waals surface area contributed by atoms with Gasteiger partial charge in [-0.05, 0) is 46.3 Å². The quantitative estimate of drug-likeness (QED) is 0.917. The van der Waals surface area contributed by atoms with Gasteiger partial charge >= 0.3 is 0 Å². The number of piperidine rings is 1. The maximum atomic E-state index is 4.32. The normalized spacial score (nSPS) is 16.6. The first-order valence-electron chi connectivity index (χ1n) is 6.80. The van der Waals surface area contributed by atoms with Crippen LogP contribution in [-0.2, 0) is 6.54 Å². The third kappa shape index (κ3) is 3.37. The van der Waals surface area contributed by atoms with E-state index in [9.17, 15) is 0 Å². The summed E-state index contributed by atoms with van der Waals surface area (Å²) in [5, 5.41) is 5.77. The van der Waals surface area contributed by atoms with Crippen LogP contribution in [0.5, 0.6) is 0 Å². The molecule has 0 radical (unpaired) electrons. The molecule has 0 aromatic carbocycles. The monoisotopic (exact) mass is 352 g/mol. The summed E-state index contributed by atoms with van der Waals surface area (Å²) < 4.78 is 1.21. The summed E-state index contributed by atoms with van der Waals surface area (Å²) in [7, 11) is 0. The fourth-order valence-electron chi connectivity index (χ4n) is 2.43. The Morgan fingerprint density at radius 3 is 2.70 bits per heavy atom. The largest absolute Gasteiger partial charge is 0.341 e.